The molecule has 6 nitrogen and oxygen atoms in total. The van der Waals surface area contributed by atoms with Gasteiger partial charge in [0, 0.05) is 35.2 Å². The number of likely N-dealkylation sites (tertiary alicyclic amines) is 1. The predicted molar refractivity (Wildman–Crippen MR) is 120 cm³/mol. The lowest BCUT2D eigenvalue weighted by Crippen LogP contribution is -2.43. The van der Waals surface area contributed by atoms with Gasteiger partial charge in [-0.2, -0.15) is 0 Å². The molecule has 0 aliphatic carbocycles. The van der Waals surface area contributed by atoms with E-state index in [9.17, 15) is 4.79 Å². The Morgan fingerprint density at radius 1 is 1.27 bits per heavy atom. The zero-order chi connectivity index (χ0) is 21.7. The lowest BCUT2D eigenvalue weighted by atomic mass is 9.87. The van der Waals surface area contributed by atoms with E-state index >= 15 is 0 Å². The number of nitrogens with zero attached hydrogens (tertiary/aromatic N) is 2. The molecule has 0 bridgehead atoms. The number of carbonyl (C=O) groups is 1. The normalized spacial score (nSPS) is 16.8. The standard InChI is InChI=1S/C23H33N3O3S/c1-23(2,3)22(27)25-20(21-24-10-13-30-21)16-8-11-26(12-9-16)15-17-6-7-18(28-4)14-19(17)29-5/h6-7,10,13-14,16,20H,8-9,11-12,15H2,1-5H3,(H,25,27). The molecule has 1 saturated heterocycles. The maximum atomic E-state index is 12.7. The van der Waals surface area contributed by atoms with E-state index in [2.05, 4.69) is 21.3 Å². The molecule has 1 N–H and O–H groups in total. The molecule has 0 radical (unpaired) electrons. The molecule has 1 amide bonds. The number of hydrogen-bond donors (Lipinski definition) is 1. The zero-order valence-electron chi connectivity index (χ0n) is 18.6. The lowest BCUT2D eigenvalue weighted by molar-refractivity contribution is -0.129. The number of rotatable bonds is 7. The number of amides is 1. The molecule has 1 aromatic carbocycles. The minimum atomic E-state index is -0.416. The fraction of sp³-hybridized carbons (Fsp3) is 0.565. The van der Waals surface area contributed by atoms with Gasteiger partial charge in [0.05, 0.1) is 20.3 Å². The first-order chi connectivity index (χ1) is 14.3. The van der Waals surface area contributed by atoms with Crippen molar-refractivity contribution in [1.82, 2.24) is 15.2 Å². The summed E-state index contributed by atoms with van der Waals surface area (Å²) in [6.45, 7) is 8.65. The lowest BCUT2D eigenvalue weighted by Gasteiger charge is -2.36. The van der Waals surface area contributed by atoms with Crippen LogP contribution in [0.25, 0.3) is 0 Å². The molecular weight excluding hydrogens is 398 g/mol. The van der Waals surface area contributed by atoms with Gasteiger partial charge in [-0.25, -0.2) is 4.98 Å². The van der Waals surface area contributed by atoms with Crippen molar-refractivity contribution < 1.29 is 14.3 Å². The summed E-state index contributed by atoms with van der Waals surface area (Å²) >= 11 is 1.62. The van der Waals surface area contributed by atoms with Gasteiger partial charge in [0.1, 0.15) is 16.5 Å². The van der Waals surface area contributed by atoms with E-state index in [1.807, 2.05) is 44.5 Å². The summed E-state index contributed by atoms with van der Waals surface area (Å²) in [5, 5.41) is 6.27. The minimum absolute atomic E-state index is 0.0191. The molecule has 1 aliphatic heterocycles. The number of benzene rings is 1. The number of carbonyl (C=O) groups excluding carboxylic acids is 1. The Morgan fingerprint density at radius 3 is 2.57 bits per heavy atom. The summed E-state index contributed by atoms with van der Waals surface area (Å²) in [5.74, 6) is 2.12. The highest BCUT2D eigenvalue weighted by Crippen LogP contribution is 2.34. The Labute approximate surface area is 183 Å². The maximum absolute atomic E-state index is 12.7. The third kappa shape index (κ3) is 5.52. The average Bonchev–Trinajstić information content (AvgIpc) is 3.26. The second-order valence-corrected chi connectivity index (χ2v) is 9.79. The topological polar surface area (TPSA) is 63.7 Å². The number of methoxy groups -OCH3 is 2. The van der Waals surface area contributed by atoms with Crippen LogP contribution in [0.5, 0.6) is 11.5 Å². The summed E-state index contributed by atoms with van der Waals surface area (Å²) in [6, 6.07) is 5.97. The largest absolute Gasteiger partial charge is 0.497 e. The molecule has 1 aromatic heterocycles. The Bertz CT molecular complexity index is 825. The second kappa shape index (κ2) is 9.79. The van der Waals surface area contributed by atoms with Gasteiger partial charge in [-0.15, -0.1) is 11.3 Å². The zero-order valence-corrected chi connectivity index (χ0v) is 19.4. The molecule has 2 aromatic rings. The molecule has 164 valence electrons. The van der Waals surface area contributed by atoms with Crippen molar-refractivity contribution in [2.24, 2.45) is 11.3 Å². The summed E-state index contributed by atoms with van der Waals surface area (Å²) in [6.07, 6.45) is 3.86. The van der Waals surface area contributed by atoms with E-state index < -0.39 is 5.41 Å². The van der Waals surface area contributed by atoms with Crippen LogP contribution in [0, 0.1) is 11.3 Å². The van der Waals surface area contributed by atoms with Crippen LogP contribution in [-0.4, -0.2) is 43.1 Å². The highest BCUT2D eigenvalue weighted by atomic mass is 32.1. The van der Waals surface area contributed by atoms with Gasteiger partial charge in [0.15, 0.2) is 0 Å². The Morgan fingerprint density at radius 2 is 2.00 bits per heavy atom. The fourth-order valence-corrected chi connectivity index (χ4v) is 4.58. The molecule has 3 rings (SSSR count). The molecule has 0 saturated carbocycles. The van der Waals surface area contributed by atoms with E-state index in [4.69, 9.17) is 9.47 Å². The first kappa shape index (κ1) is 22.6. The molecule has 30 heavy (non-hydrogen) atoms. The summed E-state index contributed by atoms with van der Waals surface area (Å²) in [5.41, 5.74) is 0.746. The van der Waals surface area contributed by atoms with Crippen LogP contribution in [0.2, 0.25) is 0 Å². The van der Waals surface area contributed by atoms with E-state index in [1.165, 1.54) is 0 Å². The second-order valence-electron chi connectivity index (χ2n) is 8.86. The quantitative estimate of drug-likeness (QED) is 0.709. The third-order valence-electron chi connectivity index (χ3n) is 5.68. The monoisotopic (exact) mass is 431 g/mol. The van der Waals surface area contributed by atoms with E-state index in [0.29, 0.717) is 5.92 Å². The number of nitrogens with one attached hydrogen (secondary N) is 1. The van der Waals surface area contributed by atoms with Gasteiger partial charge >= 0.3 is 0 Å². The van der Waals surface area contributed by atoms with Gasteiger partial charge in [-0.05, 0) is 37.9 Å². The number of ether oxygens (including phenoxy) is 2. The Kier molecular flexibility index (Phi) is 7.36. The van der Waals surface area contributed by atoms with Crippen molar-refractivity contribution in [1.29, 1.82) is 0 Å². The van der Waals surface area contributed by atoms with E-state index in [-0.39, 0.29) is 11.9 Å². The molecule has 1 atom stereocenters. The summed E-state index contributed by atoms with van der Waals surface area (Å²) < 4.78 is 10.9. The number of hydrogen-bond acceptors (Lipinski definition) is 6. The number of aromatic nitrogens is 1. The Hall–Kier alpha value is -2.12. The average molecular weight is 432 g/mol. The SMILES string of the molecule is COc1ccc(CN2CCC(C(NC(=O)C(C)(C)C)c3nccs3)CC2)c(OC)c1. The molecule has 7 heteroatoms. The van der Waals surface area contributed by atoms with Crippen molar-refractivity contribution in [3.05, 3.63) is 40.3 Å². The molecular formula is C23H33N3O3S. The molecule has 2 heterocycles. The van der Waals surface area contributed by atoms with E-state index in [1.54, 1.807) is 25.6 Å². The van der Waals surface area contributed by atoms with Gasteiger partial charge < -0.3 is 14.8 Å². The Balaban J connectivity index is 1.65. The van der Waals surface area contributed by atoms with Crippen molar-refractivity contribution in [2.45, 2.75) is 46.2 Å². The van der Waals surface area contributed by atoms with Crippen molar-refractivity contribution in [3.63, 3.8) is 0 Å². The number of thiazole rings is 1. The van der Waals surface area contributed by atoms with Crippen LogP contribution >= 0.6 is 11.3 Å². The fourth-order valence-electron chi connectivity index (χ4n) is 3.79. The smallest absolute Gasteiger partial charge is 0.225 e. The first-order valence-corrected chi connectivity index (χ1v) is 11.3. The van der Waals surface area contributed by atoms with Gasteiger partial charge in [0.2, 0.25) is 5.91 Å². The van der Waals surface area contributed by atoms with Crippen LogP contribution in [0.3, 0.4) is 0 Å². The highest BCUT2D eigenvalue weighted by Gasteiger charge is 2.33. The highest BCUT2D eigenvalue weighted by molar-refractivity contribution is 7.09. The first-order valence-electron chi connectivity index (χ1n) is 10.5. The molecule has 1 aliphatic rings. The summed E-state index contributed by atoms with van der Waals surface area (Å²) in [4.78, 5) is 19.6. The molecule has 1 unspecified atom stereocenters. The molecule has 1 fully saturated rings. The van der Waals surface area contributed by atoms with Crippen LogP contribution in [0.4, 0.5) is 0 Å². The third-order valence-corrected chi connectivity index (χ3v) is 6.54. The van der Waals surface area contributed by atoms with Crippen LogP contribution in [0.1, 0.15) is 50.2 Å². The minimum Gasteiger partial charge on any atom is -0.497 e. The molecule has 0 spiro atoms. The van der Waals surface area contributed by atoms with E-state index in [0.717, 1.165) is 54.5 Å². The van der Waals surface area contributed by atoms with Crippen LogP contribution < -0.4 is 14.8 Å². The van der Waals surface area contributed by atoms with Gasteiger partial charge in [0.25, 0.3) is 0 Å². The van der Waals surface area contributed by atoms with Crippen molar-refractivity contribution in [3.8, 4) is 11.5 Å². The van der Waals surface area contributed by atoms with Gasteiger partial charge in [-0.3, -0.25) is 9.69 Å². The van der Waals surface area contributed by atoms with Crippen LogP contribution in [0.15, 0.2) is 29.8 Å². The van der Waals surface area contributed by atoms with Gasteiger partial charge in [-0.1, -0.05) is 26.8 Å². The summed E-state index contributed by atoms with van der Waals surface area (Å²) in [7, 11) is 3.36. The maximum Gasteiger partial charge on any atom is 0.225 e. The van der Waals surface area contributed by atoms with Crippen LogP contribution in [-0.2, 0) is 11.3 Å². The number of piperidine rings is 1. The van der Waals surface area contributed by atoms with Crippen molar-refractivity contribution in [2.75, 3.05) is 27.3 Å². The predicted octanol–water partition coefficient (Wildman–Crippen LogP) is 4.28. The van der Waals surface area contributed by atoms with Crippen molar-refractivity contribution >= 4 is 17.2 Å².